The van der Waals surface area contributed by atoms with E-state index in [0.29, 0.717) is 19.4 Å². The van der Waals surface area contributed by atoms with Crippen molar-refractivity contribution in [2.75, 3.05) is 13.2 Å². The summed E-state index contributed by atoms with van der Waals surface area (Å²) in [7, 11) is 0. The number of amides is 1. The van der Waals surface area contributed by atoms with Crippen LogP contribution in [0, 0.1) is 0 Å². The van der Waals surface area contributed by atoms with Gasteiger partial charge in [-0.1, -0.05) is 371 Å². The van der Waals surface area contributed by atoms with E-state index in [2.05, 4.69) is 55.6 Å². The molecule has 0 bridgehead atoms. The van der Waals surface area contributed by atoms with Crippen molar-refractivity contribution in [3.8, 4) is 0 Å². The second kappa shape index (κ2) is 74.3. The molecule has 0 fully saturated rings. The zero-order chi connectivity index (χ0) is 61.3. The first-order valence-corrected chi connectivity index (χ1v) is 38.4. The van der Waals surface area contributed by atoms with Crippen LogP contribution in [0.25, 0.3) is 0 Å². The van der Waals surface area contributed by atoms with Gasteiger partial charge in [0.05, 0.1) is 25.4 Å². The third-order valence-electron chi connectivity index (χ3n) is 17.8. The van der Waals surface area contributed by atoms with Crippen LogP contribution >= 0.6 is 0 Å². The zero-order valence-electron chi connectivity index (χ0n) is 57.4. The summed E-state index contributed by atoms with van der Waals surface area (Å²) in [6.07, 6.45) is 97.9. The first-order valence-electron chi connectivity index (χ1n) is 38.4. The fourth-order valence-electron chi connectivity index (χ4n) is 11.9. The van der Waals surface area contributed by atoms with Gasteiger partial charge >= 0.3 is 5.97 Å². The van der Waals surface area contributed by atoms with Crippen LogP contribution in [0.5, 0.6) is 0 Å². The number of rotatable bonds is 72. The number of nitrogens with one attached hydrogen (secondary N) is 1. The van der Waals surface area contributed by atoms with Gasteiger partial charge in [0.15, 0.2) is 0 Å². The standard InChI is InChI=1S/C79H149NO5/c1-3-5-7-9-11-13-15-17-19-20-21-22-23-32-35-38-41-44-47-51-55-59-63-67-71-77(82)76(75-81)80-78(83)72-68-64-60-56-52-48-45-42-39-36-33-30-28-26-24-25-27-29-31-34-37-40-43-46-50-54-58-62-66-70-74-85-79(84)73-69-65-61-57-53-49-18-16-14-12-10-8-6-4-2/h10,12,16,18,25,27,67,71,76-77,81-82H,3-9,11,13-15,17,19-24,26,28-66,68-70,72-75H2,1-2H3,(H,80,83)/b12-10-,18-16-,27-25-,71-67+. The Balaban J connectivity index is 3.40. The van der Waals surface area contributed by atoms with Crippen LogP contribution in [0.3, 0.4) is 0 Å². The molecule has 85 heavy (non-hydrogen) atoms. The van der Waals surface area contributed by atoms with Gasteiger partial charge in [-0.2, -0.15) is 0 Å². The summed E-state index contributed by atoms with van der Waals surface area (Å²) in [5.74, 6) is -0.0598. The van der Waals surface area contributed by atoms with Gasteiger partial charge in [-0.25, -0.2) is 0 Å². The molecule has 1 amide bonds. The van der Waals surface area contributed by atoms with Crippen LogP contribution in [0.4, 0.5) is 0 Å². The predicted molar refractivity (Wildman–Crippen MR) is 375 cm³/mol. The molecule has 500 valence electrons. The second-order valence-corrected chi connectivity index (χ2v) is 26.3. The molecule has 0 radical (unpaired) electrons. The van der Waals surface area contributed by atoms with Crippen molar-refractivity contribution >= 4 is 11.9 Å². The van der Waals surface area contributed by atoms with Crippen molar-refractivity contribution in [2.24, 2.45) is 0 Å². The second-order valence-electron chi connectivity index (χ2n) is 26.3. The highest BCUT2D eigenvalue weighted by molar-refractivity contribution is 5.76. The van der Waals surface area contributed by atoms with Gasteiger partial charge in [0.25, 0.3) is 0 Å². The Kier molecular flexibility index (Phi) is 72.4. The van der Waals surface area contributed by atoms with Crippen LogP contribution in [0.1, 0.15) is 418 Å². The molecular weight excluding hydrogens is 1040 g/mol. The molecule has 0 aromatic rings. The van der Waals surface area contributed by atoms with E-state index in [1.165, 1.54) is 340 Å². The van der Waals surface area contributed by atoms with E-state index < -0.39 is 12.1 Å². The minimum Gasteiger partial charge on any atom is -0.466 e. The van der Waals surface area contributed by atoms with Crippen LogP contribution in [-0.4, -0.2) is 47.4 Å². The lowest BCUT2D eigenvalue weighted by molar-refractivity contribution is -0.143. The lowest BCUT2D eigenvalue weighted by atomic mass is 10.0. The van der Waals surface area contributed by atoms with Crippen molar-refractivity contribution in [3.05, 3.63) is 48.6 Å². The number of aliphatic hydroxyl groups excluding tert-OH is 2. The van der Waals surface area contributed by atoms with E-state index >= 15 is 0 Å². The molecule has 0 saturated carbocycles. The number of carbonyl (C=O) groups is 2. The van der Waals surface area contributed by atoms with E-state index in [0.717, 1.165) is 51.4 Å². The Labute approximate surface area is 531 Å². The fourth-order valence-corrected chi connectivity index (χ4v) is 11.9. The average Bonchev–Trinajstić information content (AvgIpc) is 3.51. The number of carbonyl (C=O) groups excluding carboxylic acids is 2. The Morgan fingerprint density at radius 3 is 0.941 bits per heavy atom. The van der Waals surface area contributed by atoms with Crippen molar-refractivity contribution in [3.63, 3.8) is 0 Å². The Morgan fingerprint density at radius 1 is 0.329 bits per heavy atom. The maximum Gasteiger partial charge on any atom is 0.305 e. The summed E-state index contributed by atoms with van der Waals surface area (Å²) in [5, 5.41) is 23.3. The highest BCUT2D eigenvalue weighted by atomic mass is 16.5. The molecule has 6 heteroatoms. The molecule has 0 aliphatic rings. The molecule has 0 saturated heterocycles. The smallest absolute Gasteiger partial charge is 0.305 e. The maximum absolute atomic E-state index is 12.5. The third kappa shape index (κ3) is 70.8. The average molecular weight is 1190 g/mol. The van der Waals surface area contributed by atoms with Gasteiger partial charge in [-0.15, -0.1) is 0 Å². The van der Waals surface area contributed by atoms with E-state index in [4.69, 9.17) is 4.74 Å². The minimum atomic E-state index is -0.846. The molecule has 0 spiro atoms. The lowest BCUT2D eigenvalue weighted by Crippen LogP contribution is -2.45. The summed E-state index contributed by atoms with van der Waals surface area (Å²) in [5.41, 5.74) is 0. The van der Waals surface area contributed by atoms with Crippen LogP contribution in [-0.2, 0) is 14.3 Å². The predicted octanol–water partition coefficient (Wildman–Crippen LogP) is 25.2. The van der Waals surface area contributed by atoms with Gasteiger partial charge in [-0.3, -0.25) is 9.59 Å². The molecule has 0 aromatic carbocycles. The third-order valence-corrected chi connectivity index (χ3v) is 17.8. The monoisotopic (exact) mass is 1190 g/mol. The largest absolute Gasteiger partial charge is 0.466 e. The van der Waals surface area contributed by atoms with Crippen LogP contribution in [0.15, 0.2) is 48.6 Å². The number of hydrogen-bond donors (Lipinski definition) is 3. The zero-order valence-corrected chi connectivity index (χ0v) is 57.4. The molecule has 2 atom stereocenters. The summed E-state index contributed by atoms with van der Waals surface area (Å²) < 4.78 is 5.48. The molecule has 3 N–H and O–H groups in total. The summed E-state index contributed by atoms with van der Waals surface area (Å²) in [6, 6.07) is -0.629. The quantitative estimate of drug-likeness (QED) is 0.0320. The number of unbranched alkanes of at least 4 members (excludes halogenated alkanes) is 55. The first kappa shape index (κ1) is 82.8. The summed E-state index contributed by atoms with van der Waals surface area (Å²) in [6.45, 7) is 4.90. The number of allylic oxidation sites excluding steroid dienone is 7. The van der Waals surface area contributed by atoms with Gasteiger partial charge in [0.2, 0.25) is 5.91 Å². The van der Waals surface area contributed by atoms with E-state index in [-0.39, 0.29) is 18.5 Å². The molecule has 6 nitrogen and oxygen atoms in total. The SMILES string of the molecule is CCCC/C=C\C/C=C\CCCCCCCC(=O)OCCCCCCCCCCCCCC/C=C\CCCCCCCCCCCCCCCCC(=O)NC(CO)C(O)/C=C/CCCCCCCCCCCCCCCCCCCCCCCC. The van der Waals surface area contributed by atoms with Gasteiger partial charge in [0, 0.05) is 12.8 Å². The van der Waals surface area contributed by atoms with E-state index in [1.54, 1.807) is 6.08 Å². The van der Waals surface area contributed by atoms with Gasteiger partial charge in [0.1, 0.15) is 0 Å². The maximum atomic E-state index is 12.5. The molecule has 2 unspecified atom stereocenters. The van der Waals surface area contributed by atoms with Crippen LogP contribution < -0.4 is 5.32 Å². The molecule has 0 aliphatic heterocycles. The summed E-state index contributed by atoms with van der Waals surface area (Å²) >= 11 is 0. The van der Waals surface area contributed by atoms with Crippen molar-refractivity contribution in [1.29, 1.82) is 0 Å². The Bertz CT molecular complexity index is 1420. The van der Waals surface area contributed by atoms with Gasteiger partial charge in [-0.05, 0) is 83.5 Å². The lowest BCUT2D eigenvalue weighted by Gasteiger charge is -2.20. The van der Waals surface area contributed by atoms with E-state index in [1.807, 2.05) is 6.08 Å². The Morgan fingerprint density at radius 2 is 0.600 bits per heavy atom. The molecule has 0 aromatic heterocycles. The number of hydrogen-bond acceptors (Lipinski definition) is 5. The van der Waals surface area contributed by atoms with Crippen LogP contribution in [0.2, 0.25) is 0 Å². The summed E-state index contributed by atoms with van der Waals surface area (Å²) in [4.78, 5) is 24.6. The van der Waals surface area contributed by atoms with Gasteiger partial charge < -0.3 is 20.3 Å². The van der Waals surface area contributed by atoms with Crippen molar-refractivity contribution in [2.45, 2.75) is 431 Å². The highest BCUT2D eigenvalue weighted by Gasteiger charge is 2.18. The molecule has 0 aliphatic carbocycles. The fraction of sp³-hybridized carbons (Fsp3) is 0.873. The van der Waals surface area contributed by atoms with Crippen molar-refractivity contribution < 1.29 is 24.5 Å². The molecular formula is C79H149NO5. The normalized spacial score (nSPS) is 12.8. The number of esters is 1. The highest BCUT2D eigenvalue weighted by Crippen LogP contribution is 2.19. The van der Waals surface area contributed by atoms with E-state index in [9.17, 15) is 19.8 Å². The topological polar surface area (TPSA) is 95.9 Å². The first-order chi connectivity index (χ1) is 42.0. The van der Waals surface area contributed by atoms with Crippen molar-refractivity contribution in [1.82, 2.24) is 5.32 Å². The minimum absolute atomic E-state index is 0.00247. The number of aliphatic hydroxyl groups is 2. The molecule has 0 rings (SSSR count). The Hall–Kier alpha value is -2.18. The molecule has 0 heterocycles. The number of ether oxygens (including phenoxy) is 1.